The molecular formula is C27H41N3O5. The number of nitrogens with zero attached hydrogens (tertiary/aromatic N) is 3. The van der Waals surface area contributed by atoms with E-state index in [0.717, 1.165) is 48.4 Å². The van der Waals surface area contributed by atoms with E-state index in [2.05, 4.69) is 18.7 Å². The molecule has 8 heteroatoms. The number of aryl methyl sites for hydroxylation is 2. The summed E-state index contributed by atoms with van der Waals surface area (Å²) in [6.45, 7) is 16.7. The topological polar surface area (TPSA) is 92.2 Å². The number of methoxy groups -OCH3 is 1. The minimum atomic E-state index is -1.14. The van der Waals surface area contributed by atoms with Crippen LogP contribution in [0.5, 0.6) is 0 Å². The lowest BCUT2D eigenvalue weighted by molar-refractivity contribution is -0.160. The van der Waals surface area contributed by atoms with Crippen molar-refractivity contribution in [2.45, 2.75) is 79.4 Å². The van der Waals surface area contributed by atoms with Crippen LogP contribution in [-0.2, 0) is 14.3 Å². The Bertz CT molecular complexity index is 999. The van der Waals surface area contributed by atoms with Gasteiger partial charge in [0.05, 0.1) is 18.4 Å². The van der Waals surface area contributed by atoms with E-state index < -0.39 is 17.7 Å². The molecule has 3 heterocycles. The molecule has 2 aliphatic rings. The molecule has 1 aromatic rings. The third kappa shape index (κ3) is 6.15. The Morgan fingerprint density at radius 3 is 2.23 bits per heavy atom. The average Bonchev–Trinajstić information content (AvgIpc) is 2.76. The molecule has 3 rings (SSSR count). The van der Waals surface area contributed by atoms with Crippen LogP contribution in [0.3, 0.4) is 0 Å². The van der Waals surface area contributed by atoms with E-state index in [4.69, 9.17) is 14.5 Å². The monoisotopic (exact) mass is 487 g/mol. The molecule has 1 fully saturated rings. The largest absolute Gasteiger partial charge is 0.479 e. The SMILES string of the molecule is COC(=O)N1CC=C(c2c(C)nc(C)c([C@H](OC(C)(C)C)C(=O)O)c2N2CCC(C)(C)CC2)CC1. The standard InChI is InChI=1S/C27H41N3O5/c1-17-20(19-9-13-30(14-10-19)25(33)34-8)22(29-15-11-27(6,7)12-16-29)21(18(2)28-17)23(24(31)32)35-26(3,4)5/h9,23H,10-16H2,1-8H3,(H,31,32)/t23-/m0/s1. The van der Waals surface area contributed by atoms with Crippen molar-refractivity contribution in [3.8, 4) is 0 Å². The van der Waals surface area contributed by atoms with Crippen molar-refractivity contribution in [1.82, 2.24) is 9.88 Å². The van der Waals surface area contributed by atoms with E-state index in [1.807, 2.05) is 40.7 Å². The van der Waals surface area contributed by atoms with Crippen molar-refractivity contribution in [2.75, 3.05) is 38.2 Å². The number of ether oxygens (including phenoxy) is 2. The fraction of sp³-hybridized carbons (Fsp3) is 0.667. The van der Waals surface area contributed by atoms with Gasteiger partial charge in [0.15, 0.2) is 6.10 Å². The normalized spacial score (nSPS) is 19.3. The van der Waals surface area contributed by atoms with Gasteiger partial charge in [-0.3, -0.25) is 4.98 Å². The van der Waals surface area contributed by atoms with Gasteiger partial charge in [-0.05, 0) is 64.9 Å². The van der Waals surface area contributed by atoms with E-state index in [0.29, 0.717) is 30.8 Å². The minimum absolute atomic E-state index is 0.243. The summed E-state index contributed by atoms with van der Waals surface area (Å²) in [4.78, 5) is 33.4. The number of carbonyl (C=O) groups excluding carboxylic acids is 1. The molecule has 8 nitrogen and oxygen atoms in total. The third-order valence-electron chi connectivity index (χ3n) is 6.93. The van der Waals surface area contributed by atoms with Gasteiger partial charge in [-0.2, -0.15) is 0 Å². The van der Waals surface area contributed by atoms with Gasteiger partial charge in [0.1, 0.15) is 0 Å². The summed E-state index contributed by atoms with van der Waals surface area (Å²) in [5, 5.41) is 10.3. The highest BCUT2D eigenvalue weighted by Gasteiger charge is 2.37. The molecule has 0 unspecified atom stereocenters. The Hall–Kier alpha value is -2.61. The molecule has 0 bridgehead atoms. The second-order valence-electron chi connectivity index (χ2n) is 11.4. The summed E-state index contributed by atoms with van der Waals surface area (Å²) >= 11 is 0. The predicted molar refractivity (Wildman–Crippen MR) is 137 cm³/mol. The highest BCUT2D eigenvalue weighted by molar-refractivity contribution is 5.86. The number of carboxylic acids is 1. The van der Waals surface area contributed by atoms with Gasteiger partial charge < -0.3 is 24.4 Å². The molecule has 1 amide bonds. The fourth-order valence-corrected chi connectivity index (χ4v) is 4.99. The third-order valence-corrected chi connectivity index (χ3v) is 6.93. The first-order valence-corrected chi connectivity index (χ1v) is 12.4. The van der Waals surface area contributed by atoms with Crippen LogP contribution in [0.4, 0.5) is 10.5 Å². The molecule has 0 spiro atoms. The number of aromatic nitrogens is 1. The lowest BCUT2D eigenvalue weighted by Crippen LogP contribution is -2.40. The quantitative estimate of drug-likeness (QED) is 0.616. The van der Waals surface area contributed by atoms with Crippen LogP contribution in [0, 0.1) is 19.3 Å². The molecule has 1 aromatic heterocycles. The first-order chi connectivity index (χ1) is 16.2. The van der Waals surface area contributed by atoms with E-state index >= 15 is 0 Å². The molecule has 2 aliphatic heterocycles. The van der Waals surface area contributed by atoms with E-state index in [-0.39, 0.29) is 11.5 Å². The Balaban J connectivity index is 2.20. The summed E-state index contributed by atoms with van der Waals surface area (Å²) in [6, 6.07) is 0. The molecule has 0 radical (unpaired) electrons. The highest BCUT2D eigenvalue weighted by atomic mass is 16.5. The molecule has 1 saturated heterocycles. The zero-order valence-electron chi connectivity index (χ0n) is 22.5. The fourth-order valence-electron chi connectivity index (χ4n) is 4.99. The number of anilines is 1. The van der Waals surface area contributed by atoms with Crippen LogP contribution in [-0.4, -0.2) is 65.9 Å². The number of hydrogen-bond donors (Lipinski definition) is 1. The van der Waals surface area contributed by atoms with Crippen LogP contribution >= 0.6 is 0 Å². The summed E-state index contributed by atoms with van der Waals surface area (Å²) in [6.07, 6.45) is 3.23. The van der Waals surface area contributed by atoms with Crippen LogP contribution in [0.2, 0.25) is 0 Å². The smallest absolute Gasteiger partial charge is 0.409 e. The van der Waals surface area contributed by atoms with Gasteiger partial charge in [0.2, 0.25) is 0 Å². The van der Waals surface area contributed by atoms with Crippen molar-refractivity contribution in [2.24, 2.45) is 5.41 Å². The summed E-state index contributed by atoms with van der Waals surface area (Å²) in [5.74, 6) is -1.02. The Kier molecular flexibility index (Phi) is 7.84. The highest BCUT2D eigenvalue weighted by Crippen LogP contribution is 2.44. The molecule has 194 valence electrons. The Morgan fingerprint density at radius 1 is 1.11 bits per heavy atom. The maximum Gasteiger partial charge on any atom is 0.409 e. The second-order valence-corrected chi connectivity index (χ2v) is 11.4. The first-order valence-electron chi connectivity index (χ1n) is 12.4. The van der Waals surface area contributed by atoms with Crippen LogP contribution in [0.25, 0.3) is 5.57 Å². The van der Waals surface area contributed by atoms with Crippen molar-refractivity contribution in [3.63, 3.8) is 0 Å². The Labute approximate surface area is 209 Å². The van der Waals surface area contributed by atoms with Gasteiger partial charge in [-0.1, -0.05) is 19.9 Å². The van der Waals surface area contributed by atoms with E-state index in [1.165, 1.54) is 7.11 Å². The number of hydrogen-bond acceptors (Lipinski definition) is 6. The molecule has 35 heavy (non-hydrogen) atoms. The number of carboxylic acid groups (broad SMARTS) is 1. The average molecular weight is 488 g/mol. The summed E-state index contributed by atoms with van der Waals surface area (Å²) in [7, 11) is 1.39. The zero-order valence-corrected chi connectivity index (χ0v) is 22.5. The molecular weight excluding hydrogens is 446 g/mol. The number of rotatable bonds is 5. The summed E-state index contributed by atoms with van der Waals surface area (Å²) in [5.41, 5.74) is 4.73. The molecule has 1 atom stereocenters. The van der Waals surface area contributed by atoms with Crippen LogP contribution in [0.1, 0.15) is 82.5 Å². The lowest BCUT2D eigenvalue weighted by Gasteiger charge is -2.41. The Morgan fingerprint density at radius 2 is 1.74 bits per heavy atom. The number of pyridine rings is 1. The number of piperidine rings is 1. The number of aliphatic carboxylic acids is 1. The zero-order chi connectivity index (χ0) is 26.1. The first kappa shape index (κ1) is 27.0. The molecule has 0 aromatic carbocycles. The molecule has 0 aliphatic carbocycles. The van der Waals surface area contributed by atoms with Gasteiger partial charge in [-0.25, -0.2) is 9.59 Å². The summed E-state index contributed by atoms with van der Waals surface area (Å²) < 4.78 is 11.0. The van der Waals surface area contributed by atoms with Gasteiger partial charge in [0.25, 0.3) is 0 Å². The van der Waals surface area contributed by atoms with E-state index in [1.54, 1.807) is 4.90 Å². The molecule has 1 N–H and O–H groups in total. The van der Waals surface area contributed by atoms with Crippen LogP contribution in [0.15, 0.2) is 6.08 Å². The van der Waals surface area contributed by atoms with Crippen LogP contribution < -0.4 is 4.90 Å². The predicted octanol–water partition coefficient (Wildman–Crippen LogP) is 5.12. The maximum absolute atomic E-state index is 12.5. The maximum atomic E-state index is 12.5. The van der Waals surface area contributed by atoms with Gasteiger partial charge in [-0.15, -0.1) is 0 Å². The van der Waals surface area contributed by atoms with Gasteiger partial charge in [0, 0.05) is 48.7 Å². The molecule has 0 saturated carbocycles. The van der Waals surface area contributed by atoms with Crippen molar-refractivity contribution in [3.05, 3.63) is 28.6 Å². The number of amides is 1. The van der Waals surface area contributed by atoms with Crippen molar-refractivity contribution >= 4 is 23.3 Å². The second kappa shape index (κ2) is 10.2. The van der Waals surface area contributed by atoms with Crippen molar-refractivity contribution < 1.29 is 24.2 Å². The van der Waals surface area contributed by atoms with Crippen molar-refractivity contribution in [1.29, 1.82) is 0 Å². The lowest BCUT2D eigenvalue weighted by atomic mass is 9.81. The minimum Gasteiger partial charge on any atom is -0.479 e. The van der Waals surface area contributed by atoms with E-state index in [9.17, 15) is 14.7 Å². The number of carbonyl (C=O) groups is 2. The van der Waals surface area contributed by atoms with Gasteiger partial charge >= 0.3 is 12.1 Å².